The molecule has 132 valence electrons. The lowest BCUT2D eigenvalue weighted by molar-refractivity contribution is -0.118. The summed E-state index contributed by atoms with van der Waals surface area (Å²) in [5, 5.41) is 0. The monoisotopic (exact) mass is 360 g/mol. The molecule has 0 bridgehead atoms. The van der Waals surface area contributed by atoms with Crippen LogP contribution in [-0.2, 0) is 14.8 Å². The van der Waals surface area contributed by atoms with E-state index in [4.69, 9.17) is 0 Å². The number of benzene rings is 1. The van der Waals surface area contributed by atoms with E-state index < -0.39 is 10.0 Å². The Hall–Kier alpha value is -2.61. The zero-order chi connectivity index (χ0) is 17.9. The molecule has 1 amide bonds. The predicted molar refractivity (Wildman–Crippen MR) is 96.1 cm³/mol. The SMILES string of the molecule is Cc1ccc(S(=O)(=O)Nc2ccc(N3CCN(C=O)CC3)nc2)cc1. The van der Waals surface area contributed by atoms with Crippen LogP contribution < -0.4 is 9.62 Å². The van der Waals surface area contributed by atoms with Crippen molar-refractivity contribution in [3.8, 4) is 0 Å². The standard InChI is InChI=1S/C17H20N4O3S/c1-14-2-5-16(6-3-14)25(23,24)19-15-4-7-17(18-12-15)21-10-8-20(13-22)9-11-21/h2-7,12-13,19H,8-11H2,1H3. The lowest BCUT2D eigenvalue weighted by Crippen LogP contribution is -2.46. The van der Waals surface area contributed by atoms with Crippen molar-refractivity contribution in [2.75, 3.05) is 35.8 Å². The molecule has 25 heavy (non-hydrogen) atoms. The zero-order valence-electron chi connectivity index (χ0n) is 13.9. The van der Waals surface area contributed by atoms with Crippen molar-refractivity contribution in [1.29, 1.82) is 0 Å². The summed E-state index contributed by atoms with van der Waals surface area (Å²) in [5.74, 6) is 0.767. The zero-order valence-corrected chi connectivity index (χ0v) is 14.7. The van der Waals surface area contributed by atoms with Gasteiger partial charge in [0.05, 0.1) is 16.8 Å². The Bertz CT molecular complexity index is 827. The molecule has 0 spiro atoms. The normalized spacial score (nSPS) is 15.1. The molecular weight excluding hydrogens is 340 g/mol. The first-order valence-electron chi connectivity index (χ1n) is 7.98. The molecule has 1 aromatic heterocycles. The third-order valence-corrected chi connectivity index (χ3v) is 5.52. The van der Waals surface area contributed by atoms with Crippen LogP contribution in [0.5, 0.6) is 0 Å². The molecule has 7 nitrogen and oxygen atoms in total. The highest BCUT2D eigenvalue weighted by atomic mass is 32.2. The summed E-state index contributed by atoms with van der Waals surface area (Å²) in [6, 6.07) is 10.1. The minimum Gasteiger partial charge on any atom is -0.353 e. The van der Waals surface area contributed by atoms with Gasteiger partial charge in [0.1, 0.15) is 5.82 Å². The summed E-state index contributed by atoms with van der Waals surface area (Å²) in [6.07, 6.45) is 2.36. The van der Waals surface area contributed by atoms with Gasteiger partial charge in [-0.05, 0) is 31.2 Å². The van der Waals surface area contributed by atoms with E-state index in [1.54, 1.807) is 41.3 Å². The van der Waals surface area contributed by atoms with Gasteiger partial charge >= 0.3 is 0 Å². The molecule has 1 N–H and O–H groups in total. The number of aromatic nitrogens is 1. The van der Waals surface area contributed by atoms with E-state index in [1.165, 1.54) is 6.20 Å². The Morgan fingerprint density at radius 3 is 2.28 bits per heavy atom. The highest BCUT2D eigenvalue weighted by Crippen LogP contribution is 2.19. The number of carbonyl (C=O) groups is 1. The summed E-state index contributed by atoms with van der Waals surface area (Å²) in [5.41, 5.74) is 1.41. The molecule has 3 rings (SSSR count). The highest BCUT2D eigenvalue weighted by molar-refractivity contribution is 7.92. The van der Waals surface area contributed by atoms with Gasteiger partial charge in [0, 0.05) is 26.2 Å². The van der Waals surface area contributed by atoms with Gasteiger partial charge < -0.3 is 9.80 Å². The minimum atomic E-state index is -3.63. The number of hydrogen-bond donors (Lipinski definition) is 1. The average Bonchev–Trinajstić information content (AvgIpc) is 2.62. The second kappa shape index (κ2) is 7.10. The topological polar surface area (TPSA) is 82.6 Å². The van der Waals surface area contributed by atoms with Crippen LogP contribution in [0.25, 0.3) is 0 Å². The van der Waals surface area contributed by atoms with E-state index in [0.29, 0.717) is 31.9 Å². The summed E-state index contributed by atoms with van der Waals surface area (Å²) in [4.78, 5) is 19.1. The van der Waals surface area contributed by atoms with Crippen LogP contribution in [0.2, 0.25) is 0 Å². The molecule has 1 aliphatic heterocycles. The van der Waals surface area contributed by atoms with Gasteiger partial charge in [-0.15, -0.1) is 0 Å². The molecule has 0 unspecified atom stereocenters. The maximum atomic E-state index is 12.4. The first kappa shape index (κ1) is 17.2. The second-order valence-corrected chi connectivity index (χ2v) is 7.63. The van der Waals surface area contributed by atoms with Crippen LogP contribution in [0.15, 0.2) is 47.5 Å². The Kier molecular flexibility index (Phi) is 4.89. The van der Waals surface area contributed by atoms with Crippen molar-refractivity contribution in [1.82, 2.24) is 9.88 Å². The van der Waals surface area contributed by atoms with Crippen LogP contribution in [0, 0.1) is 6.92 Å². The fourth-order valence-electron chi connectivity index (χ4n) is 2.62. The number of aryl methyl sites for hydroxylation is 1. The molecular formula is C17H20N4O3S. The van der Waals surface area contributed by atoms with Crippen molar-refractivity contribution in [3.63, 3.8) is 0 Å². The quantitative estimate of drug-likeness (QED) is 0.817. The molecule has 2 aromatic rings. The molecule has 1 fully saturated rings. The predicted octanol–water partition coefficient (Wildman–Crippen LogP) is 1.47. The highest BCUT2D eigenvalue weighted by Gasteiger charge is 2.17. The van der Waals surface area contributed by atoms with E-state index in [-0.39, 0.29) is 4.90 Å². The summed E-state index contributed by atoms with van der Waals surface area (Å²) >= 11 is 0. The summed E-state index contributed by atoms with van der Waals surface area (Å²) in [6.45, 7) is 4.64. The molecule has 8 heteroatoms. The first-order valence-corrected chi connectivity index (χ1v) is 9.46. The van der Waals surface area contributed by atoms with Gasteiger partial charge in [-0.2, -0.15) is 0 Å². The number of piperazine rings is 1. The van der Waals surface area contributed by atoms with E-state index in [9.17, 15) is 13.2 Å². The van der Waals surface area contributed by atoms with Crippen molar-refractivity contribution in [2.24, 2.45) is 0 Å². The lowest BCUT2D eigenvalue weighted by atomic mass is 10.2. The van der Waals surface area contributed by atoms with Gasteiger partial charge in [-0.3, -0.25) is 9.52 Å². The average molecular weight is 360 g/mol. The number of nitrogens with zero attached hydrogens (tertiary/aromatic N) is 3. The van der Waals surface area contributed by atoms with Crippen molar-refractivity contribution in [2.45, 2.75) is 11.8 Å². The molecule has 0 radical (unpaired) electrons. The van der Waals surface area contributed by atoms with E-state index in [1.807, 2.05) is 6.92 Å². The van der Waals surface area contributed by atoms with Gasteiger partial charge in [-0.25, -0.2) is 13.4 Å². The second-order valence-electron chi connectivity index (χ2n) is 5.95. The third-order valence-electron chi connectivity index (χ3n) is 4.12. The van der Waals surface area contributed by atoms with Crippen LogP contribution in [0.1, 0.15) is 5.56 Å². The fraction of sp³-hybridized carbons (Fsp3) is 0.294. The Morgan fingerprint density at radius 1 is 1.04 bits per heavy atom. The lowest BCUT2D eigenvalue weighted by Gasteiger charge is -2.33. The largest absolute Gasteiger partial charge is 0.353 e. The number of pyridine rings is 1. The third kappa shape index (κ3) is 4.08. The number of amides is 1. The Morgan fingerprint density at radius 2 is 1.72 bits per heavy atom. The fourth-order valence-corrected chi connectivity index (χ4v) is 3.66. The van der Waals surface area contributed by atoms with E-state index in [0.717, 1.165) is 17.8 Å². The first-order chi connectivity index (χ1) is 12.0. The molecule has 1 saturated heterocycles. The molecule has 0 aliphatic carbocycles. The van der Waals surface area contributed by atoms with Crippen LogP contribution in [-0.4, -0.2) is 50.9 Å². The number of nitrogens with one attached hydrogen (secondary N) is 1. The molecule has 0 saturated carbocycles. The molecule has 2 heterocycles. The smallest absolute Gasteiger partial charge is 0.261 e. The number of sulfonamides is 1. The van der Waals surface area contributed by atoms with Crippen LogP contribution in [0.4, 0.5) is 11.5 Å². The Labute approximate surface area is 147 Å². The number of anilines is 2. The van der Waals surface area contributed by atoms with Crippen LogP contribution >= 0.6 is 0 Å². The number of rotatable bonds is 5. The minimum absolute atomic E-state index is 0.215. The van der Waals surface area contributed by atoms with Gasteiger partial charge in [-0.1, -0.05) is 17.7 Å². The molecule has 1 aliphatic rings. The number of carbonyl (C=O) groups excluding carboxylic acids is 1. The van der Waals surface area contributed by atoms with Crippen LogP contribution in [0.3, 0.4) is 0 Å². The van der Waals surface area contributed by atoms with Gasteiger partial charge in [0.2, 0.25) is 6.41 Å². The van der Waals surface area contributed by atoms with E-state index in [2.05, 4.69) is 14.6 Å². The van der Waals surface area contributed by atoms with Crippen molar-refractivity contribution < 1.29 is 13.2 Å². The summed E-state index contributed by atoms with van der Waals surface area (Å²) in [7, 11) is -3.63. The summed E-state index contributed by atoms with van der Waals surface area (Å²) < 4.78 is 27.3. The Balaban J connectivity index is 1.68. The van der Waals surface area contributed by atoms with Crippen molar-refractivity contribution >= 4 is 27.9 Å². The molecule has 0 atom stereocenters. The van der Waals surface area contributed by atoms with Crippen molar-refractivity contribution in [3.05, 3.63) is 48.2 Å². The van der Waals surface area contributed by atoms with E-state index >= 15 is 0 Å². The maximum Gasteiger partial charge on any atom is 0.261 e. The number of hydrogen-bond acceptors (Lipinski definition) is 5. The van der Waals surface area contributed by atoms with Gasteiger partial charge in [0.25, 0.3) is 10.0 Å². The maximum absolute atomic E-state index is 12.4. The van der Waals surface area contributed by atoms with Gasteiger partial charge in [0.15, 0.2) is 0 Å². The molecule has 1 aromatic carbocycles.